The van der Waals surface area contributed by atoms with Gasteiger partial charge >= 0.3 is 0 Å². The standard InChI is InChI=1S/C13H21BrN2OS/c14-13-8-11(10-18-13)9-16-5-2-12(3-6-16)17-7-1-4-15/h8,10,12H,1-7,9,15H2. The van der Waals surface area contributed by atoms with Crippen LogP contribution in [0.5, 0.6) is 0 Å². The number of ether oxygens (including phenoxy) is 1. The van der Waals surface area contributed by atoms with Crippen LogP contribution < -0.4 is 5.73 Å². The maximum absolute atomic E-state index is 5.81. The van der Waals surface area contributed by atoms with E-state index in [1.807, 2.05) is 0 Å². The number of likely N-dealkylation sites (tertiary alicyclic amines) is 1. The maximum Gasteiger partial charge on any atom is 0.0701 e. The number of rotatable bonds is 6. The summed E-state index contributed by atoms with van der Waals surface area (Å²) in [6.45, 7) is 4.89. The Morgan fingerprint density at radius 3 is 2.83 bits per heavy atom. The number of nitrogens with zero attached hydrogens (tertiary/aromatic N) is 1. The number of nitrogens with two attached hydrogens (primary N) is 1. The second-order valence-corrected chi connectivity index (χ2v) is 7.04. The molecule has 0 amide bonds. The van der Waals surface area contributed by atoms with Gasteiger partial charge in [0.2, 0.25) is 0 Å². The zero-order chi connectivity index (χ0) is 12.8. The van der Waals surface area contributed by atoms with E-state index in [1.54, 1.807) is 11.3 Å². The Balaban J connectivity index is 1.67. The van der Waals surface area contributed by atoms with Gasteiger partial charge in [0, 0.05) is 26.2 Å². The molecule has 0 aliphatic carbocycles. The first-order chi connectivity index (χ1) is 8.78. The van der Waals surface area contributed by atoms with Crippen molar-refractivity contribution < 1.29 is 4.74 Å². The largest absolute Gasteiger partial charge is 0.378 e. The third-order valence-corrected chi connectivity index (χ3v) is 4.82. The van der Waals surface area contributed by atoms with Crippen molar-refractivity contribution in [3.8, 4) is 0 Å². The predicted octanol–water partition coefficient (Wildman–Crippen LogP) is 2.84. The smallest absolute Gasteiger partial charge is 0.0701 e. The van der Waals surface area contributed by atoms with Gasteiger partial charge in [-0.25, -0.2) is 0 Å². The van der Waals surface area contributed by atoms with E-state index < -0.39 is 0 Å². The van der Waals surface area contributed by atoms with Crippen LogP contribution in [0.4, 0.5) is 0 Å². The lowest BCUT2D eigenvalue weighted by Gasteiger charge is -2.31. The van der Waals surface area contributed by atoms with E-state index in [1.165, 1.54) is 9.35 Å². The molecule has 2 heterocycles. The van der Waals surface area contributed by atoms with Gasteiger partial charge in [-0.1, -0.05) is 0 Å². The van der Waals surface area contributed by atoms with E-state index in [0.717, 1.165) is 52.0 Å². The highest BCUT2D eigenvalue weighted by Crippen LogP contribution is 2.23. The summed E-state index contributed by atoms with van der Waals surface area (Å²) in [6.07, 6.45) is 3.72. The molecule has 0 unspecified atom stereocenters. The molecule has 2 N–H and O–H groups in total. The van der Waals surface area contributed by atoms with Crippen molar-refractivity contribution in [3.05, 3.63) is 20.8 Å². The van der Waals surface area contributed by atoms with Crippen molar-refractivity contribution in [3.63, 3.8) is 0 Å². The molecule has 102 valence electrons. The molecule has 0 spiro atoms. The monoisotopic (exact) mass is 332 g/mol. The molecule has 5 heteroatoms. The minimum Gasteiger partial charge on any atom is -0.378 e. The van der Waals surface area contributed by atoms with Crippen molar-refractivity contribution in [2.45, 2.75) is 31.9 Å². The number of hydrogen-bond acceptors (Lipinski definition) is 4. The van der Waals surface area contributed by atoms with E-state index in [0.29, 0.717) is 6.10 Å². The normalized spacial score (nSPS) is 18.3. The zero-order valence-corrected chi connectivity index (χ0v) is 13.0. The minimum atomic E-state index is 0.446. The molecule has 0 aromatic carbocycles. The minimum absolute atomic E-state index is 0.446. The second kappa shape index (κ2) is 7.60. The van der Waals surface area contributed by atoms with Crippen molar-refractivity contribution >= 4 is 27.3 Å². The molecule has 1 saturated heterocycles. The number of thiophene rings is 1. The van der Waals surface area contributed by atoms with Crippen molar-refractivity contribution in [1.29, 1.82) is 0 Å². The summed E-state index contributed by atoms with van der Waals surface area (Å²) in [4.78, 5) is 2.51. The fourth-order valence-corrected chi connectivity index (χ4v) is 3.45. The first-order valence-corrected chi connectivity index (χ1v) is 8.22. The Morgan fingerprint density at radius 2 is 2.22 bits per heavy atom. The van der Waals surface area contributed by atoms with E-state index in [-0.39, 0.29) is 0 Å². The molecule has 1 aromatic heterocycles. The van der Waals surface area contributed by atoms with E-state index >= 15 is 0 Å². The average Bonchev–Trinajstić information content (AvgIpc) is 2.77. The topological polar surface area (TPSA) is 38.5 Å². The summed E-state index contributed by atoms with van der Waals surface area (Å²) >= 11 is 5.27. The lowest BCUT2D eigenvalue weighted by atomic mass is 10.1. The summed E-state index contributed by atoms with van der Waals surface area (Å²) in [5.41, 5.74) is 6.87. The van der Waals surface area contributed by atoms with E-state index in [4.69, 9.17) is 10.5 Å². The summed E-state index contributed by atoms with van der Waals surface area (Å²) in [5.74, 6) is 0. The van der Waals surface area contributed by atoms with Gasteiger partial charge in [0.1, 0.15) is 0 Å². The van der Waals surface area contributed by atoms with Gasteiger partial charge in [-0.2, -0.15) is 0 Å². The average molecular weight is 333 g/mol. The van der Waals surface area contributed by atoms with Crippen LogP contribution in [-0.4, -0.2) is 37.2 Å². The van der Waals surface area contributed by atoms with Crippen LogP contribution in [0.2, 0.25) is 0 Å². The van der Waals surface area contributed by atoms with Crippen LogP contribution in [-0.2, 0) is 11.3 Å². The van der Waals surface area contributed by atoms with Crippen LogP contribution in [0, 0.1) is 0 Å². The van der Waals surface area contributed by atoms with Crippen molar-refractivity contribution in [2.24, 2.45) is 5.73 Å². The molecule has 0 atom stereocenters. The Hall–Kier alpha value is 0.0600. The Bertz CT molecular complexity index is 351. The SMILES string of the molecule is NCCCOC1CCN(Cc2csc(Br)c2)CC1. The Morgan fingerprint density at radius 1 is 1.44 bits per heavy atom. The maximum atomic E-state index is 5.81. The molecular formula is C13H21BrN2OS. The van der Waals surface area contributed by atoms with Gasteiger partial charge in [-0.15, -0.1) is 11.3 Å². The molecule has 0 bridgehead atoms. The molecule has 3 nitrogen and oxygen atoms in total. The highest BCUT2D eigenvalue weighted by Gasteiger charge is 2.19. The molecule has 2 rings (SSSR count). The molecule has 1 aromatic rings. The zero-order valence-electron chi connectivity index (χ0n) is 10.6. The van der Waals surface area contributed by atoms with Gasteiger partial charge in [-0.3, -0.25) is 4.90 Å². The first-order valence-electron chi connectivity index (χ1n) is 6.55. The van der Waals surface area contributed by atoms with Gasteiger partial charge in [0.05, 0.1) is 9.89 Å². The third kappa shape index (κ3) is 4.63. The Labute approximate surface area is 121 Å². The highest BCUT2D eigenvalue weighted by atomic mass is 79.9. The molecular weight excluding hydrogens is 312 g/mol. The van der Waals surface area contributed by atoms with Gasteiger partial charge in [0.15, 0.2) is 0 Å². The summed E-state index contributed by atoms with van der Waals surface area (Å²) in [5, 5.41) is 2.23. The van der Waals surface area contributed by atoms with Crippen LogP contribution >= 0.6 is 27.3 Å². The van der Waals surface area contributed by atoms with E-state index in [9.17, 15) is 0 Å². The molecule has 1 aliphatic heterocycles. The quantitative estimate of drug-likeness (QED) is 0.814. The van der Waals surface area contributed by atoms with Crippen molar-refractivity contribution in [2.75, 3.05) is 26.2 Å². The summed E-state index contributed by atoms with van der Waals surface area (Å²) < 4.78 is 7.03. The fraction of sp³-hybridized carbons (Fsp3) is 0.692. The van der Waals surface area contributed by atoms with Crippen LogP contribution in [0.25, 0.3) is 0 Å². The number of halogens is 1. The molecule has 0 saturated carbocycles. The van der Waals surface area contributed by atoms with E-state index in [2.05, 4.69) is 32.3 Å². The molecule has 18 heavy (non-hydrogen) atoms. The predicted molar refractivity (Wildman–Crippen MR) is 79.9 cm³/mol. The van der Waals surface area contributed by atoms with Crippen LogP contribution in [0.1, 0.15) is 24.8 Å². The summed E-state index contributed by atoms with van der Waals surface area (Å²) in [7, 11) is 0. The molecule has 1 aliphatic rings. The number of hydrogen-bond donors (Lipinski definition) is 1. The van der Waals surface area contributed by atoms with Gasteiger partial charge in [0.25, 0.3) is 0 Å². The lowest BCUT2D eigenvalue weighted by Crippen LogP contribution is -2.36. The highest BCUT2D eigenvalue weighted by molar-refractivity contribution is 9.11. The molecule has 0 radical (unpaired) electrons. The van der Waals surface area contributed by atoms with Gasteiger partial charge in [-0.05, 0) is 58.7 Å². The first kappa shape index (κ1) is 14.5. The number of piperidine rings is 1. The Kier molecular flexibility index (Phi) is 6.11. The van der Waals surface area contributed by atoms with Crippen LogP contribution in [0.3, 0.4) is 0 Å². The summed E-state index contributed by atoms with van der Waals surface area (Å²) in [6, 6.07) is 2.22. The second-order valence-electron chi connectivity index (χ2n) is 4.75. The third-order valence-electron chi connectivity index (χ3n) is 3.26. The molecule has 1 fully saturated rings. The van der Waals surface area contributed by atoms with Gasteiger partial charge < -0.3 is 10.5 Å². The lowest BCUT2D eigenvalue weighted by molar-refractivity contribution is 0.00565. The fourth-order valence-electron chi connectivity index (χ4n) is 2.25. The van der Waals surface area contributed by atoms with Crippen molar-refractivity contribution in [1.82, 2.24) is 4.90 Å². The van der Waals surface area contributed by atoms with Crippen LogP contribution in [0.15, 0.2) is 15.2 Å².